The Morgan fingerprint density at radius 2 is 1.81 bits per heavy atom. The second kappa shape index (κ2) is 8.02. The van der Waals surface area contributed by atoms with Crippen LogP contribution >= 0.6 is 0 Å². The van der Waals surface area contributed by atoms with Crippen LogP contribution in [0.15, 0.2) is 59.1 Å². The van der Waals surface area contributed by atoms with Crippen molar-refractivity contribution in [1.82, 2.24) is 15.5 Å². The predicted molar refractivity (Wildman–Crippen MR) is 88.3 cm³/mol. The Morgan fingerprint density at radius 3 is 2.54 bits per heavy atom. The quantitative estimate of drug-likeness (QED) is 0.682. The molecule has 0 fully saturated rings. The minimum Gasteiger partial charge on any atom is -0.454 e. The first-order valence-corrected chi connectivity index (χ1v) is 7.69. The maximum absolute atomic E-state index is 12.9. The summed E-state index contributed by atoms with van der Waals surface area (Å²) in [6, 6.07) is 14.1. The topological polar surface area (TPSA) is 94.3 Å². The van der Waals surface area contributed by atoms with Gasteiger partial charge in [0.05, 0.1) is 0 Å². The molecule has 132 valence electrons. The largest absolute Gasteiger partial charge is 0.454 e. The van der Waals surface area contributed by atoms with Gasteiger partial charge in [0.1, 0.15) is 12.4 Å². The zero-order valence-electron chi connectivity index (χ0n) is 13.5. The molecular formula is C18H14FN3O4. The normalized spacial score (nSPS) is 10.3. The SMILES string of the molecule is O=C(CNC(=O)c1ccccc1)OCc1nc(-c2ccc(F)cc2)no1. The first-order valence-electron chi connectivity index (χ1n) is 7.69. The van der Waals surface area contributed by atoms with Gasteiger partial charge in [-0.3, -0.25) is 9.59 Å². The van der Waals surface area contributed by atoms with E-state index >= 15 is 0 Å². The van der Waals surface area contributed by atoms with E-state index in [1.54, 1.807) is 30.3 Å². The van der Waals surface area contributed by atoms with E-state index in [4.69, 9.17) is 9.26 Å². The fourth-order valence-electron chi connectivity index (χ4n) is 2.07. The van der Waals surface area contributed by atoms with Crippen molar-refractivity contribution < 1.29 is 23.2 Å². The van der Waals surface area contributed by atoms with Gasteiger partial charge in [-0.1, -0.05) is 23.4 Å². The number of ether oxygens (including phenoxy) is 1. The van der Waals surface area contributed by atoms with Crippen LogP contribution in [0.25, 0.3) is 11.4 Å². The molecule has 1 N–H and O–H groups in total. The van der Waals surface area contributed by atoms with Crippen LogP contribution in [0.3, 0.4) is 0 Å². The number of nitrogens with zero attached hydrogens (tertiary/aromatic N) is 2. The highest BCUT2D eigenvalue weighted by Crippen LogP contribution is 2.16. The molecule has 0 saturated carbocycles. The second-order valence-electron chi connectivity index (χ2n) is 5.23. The molecule has 0 aliphatic heterocycles. The van der Waals surface area contributed by atoms with Crippen LogP contribution in [0.4, 0.5) is 4.39 Å². The van der Waals surface area contributed by atoms with Crippen molar-refractivity contribution in [2.24, 2.45) is 0 Å². The number of nitrogens with one attached hydrogen (secondary N) is 1. The van der Waals surface area contributed by atoms with Crippen LogP contribution < -0.4 is 5.32 Å². The van der Waals surface area contributed by atoms with Crippen molar-refractivity contribution in [2.45, 2.75) is 6.61 Å². The van der Waals surface area contributed by atoms with Gasteiger partial charge >= 0.3 is 5.97 Å². The number of esters is 1. The lowest BCUT2D eigenvalue weighted by Gasteiger charge is -2.04. The average molecular weight is 355 g/mol. The van der Waals surface area contributed by atoms with Gasteiger partial charge in [-0.15, -0.1) is 0 Å². The molecule has 0 saturated heterocycles. The molecule has 0 unspecified atom stereocenters. The number of benzene rings is 2. The number of rotatable bonds is 6. The van der Waals surface area contributed by atoms with E-state index in [9.17, 15) is 14.0 Å². The van der Waals surface area contributed by atoms with Gasteiger partial charge in [0.15, 0.2) is 6.61 Å². The molecule has 1 aromatic heterocycles. The van der Waals surface area contributed by atoms with Crippen molar-refractivity contribution in [2.75, 3.05) is 6.54 Å². The minimum atomic E-state index is -0.643. The molecule has 0 aliphatic rings. The van der Waals surface area contributed by atoms with E-state index in [-0.39, 0.29) is 36.6 Å². The van der Waals surface area contributed by atoms with Crippen molar-refractivity contribution in [3.63, 3.8) is 0 Å². The first kappa shape index (κ1) is 17.3. The third-order valence-electron chi connectivity index (χ3n) is 3.36. The monoisotopic (exact) mass is 355 g/mol. The van der Waals surface area contributed by atoms with E-state index in [1.165, 1.54) is 24.3 Å². The lowest BCUT2D eigenvalue weighted by atomic mass is 10.2. The molecule has 8 heteroatoms. The van der Waals surface area contributed by atoms with Crippen LogP contribution in [0.1, 0.15) is 16.2 Å². The molecular weight excluding hydrogens is 341 g/mol. The average Bonchev–Trinajstić information content (AvgIpc) is 3.14. The van der Waals surface area contributed by atoms with E-state index in [1.807, 2.05) is 0 Å². The Morgan fingerprint density at radius 1 is 1.08 bits per heavy atom. The van der Waals surface area contributed by atoms with Crippen LogP contribution in [-0.4, -0.2) is 28.6 Å². The van der Waals surface area contributed by atoms with Crippen molar-refractivity contribution >= 4 is 11.9 Å². The minimum absolute atomic E-state index is 0.0899. The fourth-order valence-corrected chi connectivity index (χ4v) is 2.07. The number of hydrogen-bond acceptors (Lipinski definition) is 6. The van der Waals surface area contributed by atoms with Gasteiger partial charge in [-0.25, -0.2) is 4.39 Å². The lowest BCUT2D eigenvalue weighted by Crippen LogP contribution is -2.30. The summed E-state index contributed by atoms with van der Waals surface area (Å²) in [4.78, 5) is 27.6. The predicted octanol–water partition coefficient (Wildman–Crippen LogP) is 2.35. The molecule has 0 atom stereocenters. The van der Waals surface area contributed by atoms with Crippen LogP contribution in [0, 0.1) is 5.82 Å². The van der Waals surface area contributed by atoms with Gasteiger partial charge in [0.2, 0.25) is 5.82 Å². The van der Waals surface area contributed by atoms with Gasteiger partial charge in [0, 0.05) is 11.1 Å². The number of halogens is 1. The third-order valence-corrected chi connectivity index (χ3v) is 3.36. The first-order chi connectivity index (χ1) is 12.6. The van der Waals surface area contributed by atoms with Crippen molar-refractivity contribution in [1.29, 1.82) is 0 Å². The van der Waals surface area contributed by atoms with Gasteiger partial charge in [0.25, 0.3) is 11.8 Å². The van der Waals surface area contributed by atoms with Crippen LogP contribution in [0.5, 0.6) is 0 Å². The molecule has 3 aromatic rings. The molecule has 1 heterocycles. The van der Waals surface area contributed by atoms with E-state index in [0.717, 1.165) is 0 Å². The molecule has 3 rings (SSSR count). The summed E-state index contributed by atoms with van der Waals surface area (Å²) < 4.78 is 22.9. The molecule has 0 spiro atoms. The summed E-state index contributed by atoms with van der Waals surface area (Å²) >= 11 is 0. The molecule has 0 aliphatic carbocycles. The molecule has 0 radical (unpaired) electrons. The van der Waals surface area contributed by atoms with Gasteiger partial charge < -0.3 is 14.6 Å². The van der Waals surface area contributed by atoms with Crippen LogP contribution in [0.2, 0.25) is 0 Å². The summed E-state index contributed by atoms with van der Waals surface area (Å²) in [7, 11) is 0. The number of hydrogen-bond donors (Lipinski definition) is 1. The Balaban J connectivity index is 1.47. The Bertz CT molecular complexity index is 894. The zero-order chi connectivity index (χ0) is 18.4. The summed E-state index contributed by atoms with van der Waals surface area (Å²) in [6.45, 7) is -0.513. The molecule has 2 aromatic carbocycles. The summed E-state index contributed by atoms with van der Waals surface area (Å²) in [5.74, 6) is -1.04. The van der Waals surface area contributed by atoms with Gasteiger partial charge in [-0.05, 0) is 36.4 Å². The van der Waals surface area contributed by atoms with E-state index in [2.05, 4.69) is 15.5 Å². The Kier molecular flexibility index (Phi) is 5.33. The number of aromatic nitrogens is 2. The second-order valence-corrected chi connectivity index (χ2v) is 5.23. The maximum Gasteiger partial charge on any atom is 0.325 e. The maximum atomic E-state index is 12.9. The molecule has 0 bridgehead atoms. The van der Waals surface area contributed by atoms with Crippen molar-refractivity contribution in [3.8, 4) is 11.4 Å². The molecule has 26 heavy (non-hydrogen) atoms. The number of carbonyl (C=O) groups is 2. The summed E-state index contributed by atoms with van der Waals surface area (Å²) in [5.41, 5.74) is 1.02. The standard InChI is InChI=1S/C18H14FN3O4/c19-14-8-6-12(7-9-14)17-21-15(26-22-17)11-25-16(23)10-20-18(24)13-4-2-1-3-5-13/h1-9H,10-11H2,(H,20,24). The summed E-state index contributed by atoms with van der Waals surface area (Å²) in [5, 5.41) is 6.19. The smallest absolute Gasteiger partial charge is 0.325 e. The van der Waals surface area contributed by atoms with E-state index < -0.39 is 5.97 Å². The highest BCUT2D eigenvalue weighted by Gasteiger charge is 2.12. The third kappa shape index (κ3) is 4.50. The molecule has 1 amide bonds. The van der Waals surface area contributed by atoms with Crippen molar-refractivity contribution in [3.05, 3.63) is 71.9 Å². The zero-order valence-corrected chi connectivity index (χ0v) is 13.5. The fraction of sp³-hybridized carbons (Fsp3) is 0.111. The van der Waals surface area contributed by atoms with Crippen LogP contribution in [-0.2, 0) is 16.1 Å². The molecule has 7 nitrogen and oxygen atoms in total. The lowest BCUT2D eigenvalue weighted by molar-refractivity contribution is -0.144. The number of amides is 1. The highest BCUT2D eigenvalue weighted by atomic mass is 19.1. The summed E-state index contributed by atoms with van der Waals surface area (Å²) in [6.07, 6.45) is 0. The number of carbonyl (C=O) groups excluding carboxylic acids is 2. The van der Waals surface area contributed by atoms with Gasteiger partial charge in [-0.2, -0.15) is 4.98 Å². The highest BCUT2D eigenvalue weighted by molar-refractivity contribution is 5.95. The Hall–Kier alpha value is -3.55. The van der Waals surface area contributed by atoms with E-state index in [0.29, 0.717) is 11.1 Å². The Labute approximate surface area is 147 Å².